The first-order valence-electron chi connectivity index (χ1n) is 3.75. The van der Waals surface area contributed by atoms with Crippen LogP contribution in [0.15, 0.2) is 24.4 Å². The van der Waals surface area contributed by atoms with Crippen molar-refractivity contribution in [1.29, 1.82) is 0 Å². The van der Waals surface area contributed by atoms with Gasteiger partial charge in [-0.25, -0.2) is 0 Å². The summed E-state index contributed by atoms with van der Waals surface area (Å²) in [5.74, 6) is -1.67. The maximum Gasteiger partial charge on any atom is 1.00 e. The predicted octanol–water partition coefficient (Wildman–Crippen LogP) is -3.34. The maximum absolute atomic E-state index is 11.2. The molecule has 1 rings (SSSR count). The van der Waals surface area contributed by atoms with E-state index in [2.05, 4.69) is 0 Å². The van der Waals surface area contributed by atoms with Crippen molar-refractivity contribution >= 4 is 11.9 Å². The van der Waals surface area contributed by atoms with Gasteiger partial charge in [0.25, 0.3) is 0 Å². The van der Waals surface area contributed by atoms with E-state index in [1.165, 1.54) is 11.1 Å². The molecule has 1 atom stereocenters. The molecule has 0 aliphatic carbocycles. The summed E-state index contributed by atoms with van der Waals surface area (Å²) in [6.45, 7) is 0. The molecule has 0 aromatic rings. The monoisotopic (exact) mass is 205 g/mol. The van der Waals surface area contributed by atoms with Crippen molar-refractivity contribution in [1.82, 2.24) is 4.90 Å². The summed E-state index contributed by atoms with van der Waals surface area (Å²) in [4.78, 5) is 22.6. The zero-order chi connectivity index (χ0) is 9.84. The molecule has 1 aliphatic heterocycles. The van der Waals surface area contributed by atoms with E-state index in [-0.39, 0.29) is 29.6 Å². The molecular formula is C8H10N2NaO3+. The molecule has 0 spiro atoms. The van der Waals surface area contributed by atoms with Crippen LogP contribution in [0.4, 0.5) is 0 Å². The van der Waals surface area contributed by atoms with E-state index >= 15 is 0 Å². The van der Waals surface area contributed by atoms with Gasteiger partial charge in [0.15, 0.2) is 0 Å². The fraction of sp³-hybridized carbons (Fsp3) is 0.250. The first-order chi connectivity index (χ1) is 6.11. The van der Waals surface area contributed by atoms with Crippen LogP contribution in [0.25, 0.3) is 0 Å². The Balaban J connectivity index is 0.00000169. The van der Waals surface area contributed by atoms with Crippen LogP contribution >= 0.6 is 0 Å². The van der Waals surface area contributed by atoms with Crippen molar-refractivity contribution < 1.29 is 44.3 Å². The average molecular weight is 205 g/mol. The molecule has 3 N–H and O–H groups in total. The molecular weight excluding hydrogens is 195 g/mol. The van der Waals surface area contributed by atoms with Crippen molar-refractivity contribution in [2.24, 2.45) is 5.73 Å². The molecule has 0 aromatic carbocycles. The Labute approximate surface area is 104 Å². The van der Waals surface area contributed by atoms with Gasteiger partial charge in [-0.15, -0.1) is 0 Å². The number of hydrogen-bond acceptors (Lipinski definition) is 3. The molecule has 14 heavy (non-hydrogen) atoms. The van der Waals surface area contributed by atoms with Crippen molar-refractivity contribution in [3.8, 4) is 0 Å². The zero-order valence-electron chi connectivity index (χ0n) is 7.88. The van der Waals surface area contributed by atoms with E-state index < -0.39 is 24.5 Å². The van der Waals surface area contributed by atoms with Crippen LogP contribution < -0.4 is 35.3 Å². The Bertz CT molecular complexity index is 288. The second kappa shape index (κ2) is 5.98. The standard InChI is InChI=1S/C8H10N2O3.Na/c9-6-3-1-2-4-10(6)7(11)5-8(12)13;/h1-4,6H,5,9H2,(H,12,13);/q;+1. The number of carbonyl (C=O) groups is 2. The number of allylic oxidation sites excluding steroid dienone is 2. The first kappa shape index (κ1) is 13.4. The van der Waals surface area contributed by atoms with Crippen molar-refractivity contribution in [3.05, 3.63) is 24.4 Å². The molecule has 1 amide bonds. The van der Waals surface area contributed by atoms with E-state index in [0.29, 0.717) is 0 Å². The van der Waals surface area contributed by atoms with Gasteiger partial charge in [-0.05, 0) is 12.2 Å². The number of carbonyl (C=O) groups excluding carboxylic acids is 1. The van der Waals surface area contributed by atoms with Crippen molar-refractivity contribution in [2.45, 2.75) is 12.6 Å². The predicted molar refractivity (Wildman–Crippen MR) is 45.4 cm³/mol. The molecule has 1 unspecified atom stereocenters. The third-order valence-electron chi connectivity index (χ3n) is 1.58. The Morgan fingerprint density at radius 3 is 2.57 bits per heavy atom. The largest absolute Gasteiger partial charge is 1.00 e. The normalized spacial score (nSPS) is 18.9. The Kier molecular flexibility index (Phi) is 5.71. The fourth-order valence-corrected chi connectivity index (χ4v) is 0.983. The van der Waals surface area contributed by atoms with Crippen LogP contribution in [0.5, 0.6) is 0 Å². The molecule has 0 fully saturated rings. The number of hydrogen-bond donors (Lipinski definition) is 2. The molecule has 70 valence electrons. The second-order valence-corrected chi connectivity index (χ2v) is 2.59. The van der Waals surface area contributed by atoms with Gasteiger partial charge in [0.1, 0.15) is 12.6 Å². The van der Waals surface area contributed by atoms with Gasteiger partial charge in [0, 0.05) is 6.20 Å². The van der Waals surface area contributed by atoms with Crippen LogP contribution in [0, 0.1) is 0 Å². The quantitative estimate of drug-likeness (QED) is 0.364. The molecule has 0 radical (unpaired) electrons. The van der Waals surface area contributed by atoms with Crippen LogP contribution in [0.1, 0.15) is 6.42 Å². The fourth-order valence-electron chi connectivity index (χ4n) is 0.983. The topological polar surface area (TPSA) is 83.6 Å². The van der Waals surface area contributed by atoms with Crippen molar-refractivity contribution in [2.75, 3.05) is 0 Å². The van der Waals surface area contributed by atoms with Gasteiger partial charge in [-0.3, -0.25) is 14.5 Å². The van der Waals surface area contributed by atoms with Gasteiger partial charge in [-0.2, -0.15) is 0 Å². The molecule has 6 heteroatoms. The molecule has 5 nitrogen and oxygen atoms in total. The molecule has 0 saturated heterocycles. The van der Waals surface area contributed by atoms with Crippen LogP contribution in [-0.4, -0.2) is 28.0 Å². The Morgan fingerprint density at radius 2 is 2.07 bits per heavy atom. The van der Waals surface area contributed by atoms with E-state index in [1.54, 1.807) is 18.2 Å². The minimum Gasteiger partial charge on any atom is -0.481 e. The zero-order valence-corrected chi connectivity index (χ0v) is 9.88. The van der Waals surface area contributed by atoms with Crippen molar-refractivity contribution in [3.63, 3.8) is 0 Å². The summed E-state index contributed by atoms with van der Waals surface area (Å²) >= 11 is 0. The minimum atomic E-state index is -1.15. The van der Waals surface area contributed by atoms with Crippen LogP contribution in [0.3, 0.4) is 0 Å². The van der Waals surface area contributed by atoms with Gasteiger partial charge in [0.2, 0.25) is 5.91 Å². The number of nitrogens with two attached hydrogens (primary N) is 1. The average Bonchev–Trinajstić information content (AvgIpc) is 2.03. The number of rotatable bonds is 2. The SMILES string of the molecule is NC1C=CC=CN1C(=O)CC(=O)O.[Na+]. The van der Waals surface area contributed by atoms with Gasteiger partial charge in [-0.1, -0.05) is 6.08 Å². The van der Waals surface area contributed by atoms with Gasteiger partial charge in [0.05, 0.1) is 0 Å². The maximum atomic E-state index is 11.2. The summed E-state index contributed by atoms with van der Waals surface area (Å²) < 4.78 is 0. The Morgan fingerprint density at radius 1 is 1.43 bits per heavy atom. The second-order valence-electron chi connectivity index (χ2n) is 2.59. The third kappa shape index (κ3) is 3.63. The number of aliphatic carboxylic acids is 1. The van der Waals surface area contributed by atoms with Crippen LogP contribution in [-0.2, 0) is 9.59 Å². The molecule has 1 aliphatic rings. The minimum absolute atomic E-state index is 0. The van der Waals surface area contributed by atoms with E-state index in [4.69, 9.17) is 10.8 Å². The Hall–Kier alpha value is -0.620. The number of amides is 1. The summed E-state index contributed by atoms with van der Waals surface area (Å²) in [5, 5.41) is 8.37. The molecule has 0 saturated carbocycles. The number of carboxylic acids is 1. The van der Waals surface area contributed by atoms with E-state index in [1.807, 2.05) is 0 Å². The first-order valence-corrected chi connectivity index (χ1v) is 3.75. The van der Waals surface area contributed by atoms with E-state index in [0.717, 1.165) is 0 Å². The summed E-state index contributed by atoms with van der Waals surface area (Å²) in [5.41, 5.74) is 5.53. The molecule has 1 heterocycles. The third-order valence-corrected chi connectivity index (χ3v) is 1.58. The number of carboxylic acid groups (broad SMARTS) is 1. The smallest absolute Gasteiger partial charge is 0.481 e. The summed E-state index contributed by atoms with van der Waals surface area (Å²) in [6.07, 6.45) is 5.32. The summed E-state index contributed by atoms with van der Waals surface area (Å²) in [6, 6.07) is 0. The van der Waals surface area contributed by atoms with Gasteiger partial charge >= 0.3 is 35.5 Å². The number of nitrogens with zero attached hydrogens (tertiary/aromatic N) is 1. The molecule has 0 aromatic heterocycles. The van der Waals surface area contributed by atoms with Crippen LogP contribution in [0.2, 0.25) is 0 Å². The summed E-state index contributed by atoms with van der Waals surface area (Å²) in [7, 11) is 0. The van der Waals surface area contributed by atoms with E-state index in [9.17, 15) is 9.59 Å². The molecule has 0 bridgehead atoms. The van der Waals surface area contributed by atoms with Gasteiger partial charge < -0.3 is 10.8 Å².